The number of aliphatic hydroxyl groups excluding tert-OH is 3. The van der Waals surface area contributed by atoms with Crippen LogP contribution in [0.25, 0.3) is 0 Å². The lowest BCUT2D eigenvalue weighted by Crippen LogP contribution is -2.24. The number of carbonyl (C=O) groups excluding carboxylic acids is 1. The molecule has 0 bridgehead atoms. The fourth-order valence-corrected chi connectivity index (χ4v) is 2.40. The largest absolute Gasteiger partial charge is 0.545 e. The van der Waals surface area contributed by atoms with Gasteiger partial charge in [0.15, 0.2) is 0 Å². The van der Waals surface area contributed by atoms with E-state index < -0.39 is 24.3 Å². The van der Waals surface area contributed by atoms with Crippen molar-refractivity contribution in [3.63, 3.8) is 0 Å². The maximum atomic E-state index is 11.1. The summed E-state index contributed by atoms with van der Waals surface area (Å²) in [5, 5.41) is 41.6. The Bertz CT molecular complexity index is 466. The third-order valence-electron chi connectivity index (χ3n) is 3.69. The average molecular weight is 295 g/mol. The summed E-state index contributed by atoms with van der Waals surface area (Å²) in [4.78, 5) is 11.1. The van der Waals surface area contributed by atoms with Crippen molar-refractivity contribution < 1.29 is 25.2 Å². The van der Waals surface area contributed by atoms with Gasteiger partial charge in [0.2, 0.25) is 0 Å². The number of aromatic carboxylic acids is 1. The molecule has 0 aromatic heterocycles. The van der Waals surface area contributed by atoms with E-state index >= 15 is 0 Å². The zero-order chi connectivity index (χ0) is 16.2. The van der Waals surface area contributed by atoms with Gasteiger partial charge in [-0.3, -0.25) is 0 Å². The van der Waals surface area contributed by atoms with Gasteiger partial charge in [-0.25, -0.2) is 0 Å². The van der Waals surface area contributed by atoms with Gasteiger partial charge in [-0.1, -0.05) is 20.8 Å². The Kier molecular flexibility index (Phi) is 6.33. The fraction of sp³-hybridized carbons (Fsp3) is 0.562. The molecule has 3 atom stereocenters. The Hall–Kier alpha value is -1.43. The van der Waals surface area contributed by atoms with Gasteiger partial charge in [0.05, 0.1) is 24.3 Å². The molecule has 5 heteroatoms. The number of rotatable bonds is 7. The van der Waals surface area contributed by atoms with Crippen LogP contribution >= 0.6 is 0 Å². The van der Waals surface area contributed by atoms with Crippen LogP contribution in [0.5, 0.6) is 0 Å². The minimum absolute atomic E-state index is 0.105. The molecule has 1 aromatic rings. The third kappa shape index (κ3) is 3.81. The number of hydrogen-bond donors (Lipinski definition) is 3. The van der Waals surface area contributed by atoms with E-state index in [-0.39, 0.29) is 5.56 Å². The van der Waals surface area contributed by atoms with Crippen LogP contribution in [0.15, 0.2) is 12.1 Å². The summed E-state index contributed by atoms with van der Waals surface area (Å²) >= 11 is 0. The first-order valence-corrected chi connectivity index (χ1v) is 7.30. The van der Waals surface area contributed by atoms with Gasteiger partial charge in [-0.2, -0.15) is 0 Å². The van der Waals surface area contributed by atoms with E-state index in [9.17, 15) is 25.2 Å². The van der Waals surface area contributed by atoms with E-state index in [2.05, 4.69) is 0 Å². The Balaban J connectivity index is 3.63. The second-order valence-electron chi connectivity index (χ2n) is 5.13. The second-order valence-corrected chi connectivity index (χ2v) is 5.13. The van der Waals surface area contributed by atoms with E-state index in [1.165, 1.54) is 12.1 Å². The number of carboxylic acids is 1. The van der Waals surface area contributed by atoms with E-state index in [4.69, 9.17) is 0 Å². The van der Waals surface area contributed by atoms with Crippen LogP contribution in [0.1, 0.15) is 85.4 Å². The van der Waals surface area contributed by atoms with Crippen LogP contribution in [0.4, 0.5) is 0 Å². The number of carboxylic acid groups (broad SMARTS) is 1. The molecule has 118 valence electrons. The Morgan fingerprint density at radius 3 is 1.62 bits per heavy atom. The summed E-state index contributed by atoms with van der Waals surface area (Å²) in [7, 11) is 0. The first kappa shape index (κ1) is 17.6. The van der Waals surface area contributed by atoms with Crippen molar-refractivity contribution in [1.82, 2.24) is 0 Å². The molecule has 1 aromatic carbocycles. The summed E-state index contributed by atoms with van der Waals surface area (Å²) in [5.41, 5.74) is 1.00. The van der Waals surface area contributed by atoms with Crippen molar-refractivity contribution in [3.8, 4) is 0 Å². The number of aliphatic hydroxyl groups is 3. The van der Waals surface area contributed by atoms with Crippen LogP contribution in [0.3, 0.4) is 0 Å². The van der Waals surface area contributed by atoms with Crippen LogP contribution in [-0.4, -0.2) is 21.3 Å². The van der Waals surface area contributed by atoms with Crippen LogP contribution in [-0.2, 0) is 0 Å². The molecular formula is C16H23O5-. The maximum Gasteiger partial charge on any atom is 0.0794 e. The SMILES string of the molecule is CCC(O)c1cc(C(=O)[O-])cc(C(O)CC)c1C(O)CC. The molecule has 1 rings (SSSR count). The minimum Gasteiger partial charge on any atom is -0.545 e. The molecule has 0 spiro atoms. The van der Waals surface area contributed by atoms with E-state index in [0.29, 0.717) is 36.0 Å². The molecule has 3 unspecified atom stereocenters. The first-order chi connectivity index (χ1) is 9.87. The Morgan fingerprint density at radius 2 is 1.33 bits per heavy atom. The average Bonchev–Trinajstić information content (AvgIpc) is 2.50. The maximum absolute atomic E-state index is 11.1. The molecule has 0 fully saturated rings. The summed E-state index contributed by atoms with van der Waals surface area (Å²) in [6.45, 7) is 5.30. The Morgan fingerprint density at radius 1 is 0.952 bits per heavy atom. The van der Waals surface area contributed by atoms with E-state index in [0.717, 1.165) is 0 Å². The molecule has 0 radical (unpaired) electrons. The third-order valence-corrected chi connectivity index (χ3v) is 3.69. The lowest BCUT2D eigenvalue weighted by Gasteiger charge is -2.25. The Labute approximate surface area is 124 Å². The monoisotopic (exact) mass is 295 g/mol. The number of hydrogen-bond acceptors (Lipinski definition) is 5. The van der Waals surface area contributed by atoms with Gasteiger partial charge in [-0.05, 0) is 53.6 Å². The predicted octanol–water partition coefficient (Wildman–Crippen LogP) is 1.38. The number of carbonyl (C=O) groups is 1. The normalized spacial score (nSPS) is 15.5. The molecule has 0 heterocycles. The van der Waals surface area contributed by atoms with Gasteiger partial charge in [-0.15, -0.1) is 0 Å². The van der Waals surface area contributed by atoms with Gasteiger partial charge in [0.25, 0.3) is 0 Å². The molecule has 0 amide bonds. The molecule has 21 heavy (non-hydrogen) atoms. The summed E-state index contributed by atoms with van der Waals surface area (Å²) in [6, 6.07) is 2.65. The van der Waals surface area contributed by atoms with Crippen molar-refractivity contribution in [3.05, 3.63) is 34.4 Å². The highest BCUT2D eigenvalue weighted by Gasteiger charge is 2.24. The van der Waals surface area contributed by atoms with Crippen LogP contribution < -0.4 is 5.11 Å². The number of benzene rings is 1. The fourth-order valence-electron chi connectivity index (χ4n) is 2.40. The van der Waals surface area contributed by atoms with Crippen molar-refractivity contribution >= 4 is 5.97 Å². The molecule has 0 aliphatic carbocycles. The van der Waals surface area contributed by atoms with Crippen LogP contribution in [0.2, 0.25) is 0 Å². The minimum atomic E-state index is -1.37. The molecule has 0 aliphatic heterocycles. The van der Waals surface area contributed by atoms with Crippen molar-refractivity contribution in [2.75, 3.05) is 0 Å². The quantitative estimate of drug-likeness (QED) is 0.705. The molecule has 0 saturated carbocycles. The molecule has 0 aliphatic rings. The molecule has 5 nitrogen and oxygen atoms in total. The van der Waals surface area contributed by atoms with Crippen molar-refractivity contribution in [2.24, 2.45) is 0 Å². The highest BCUT2D eigenvalue weighted by Crippen LogP contribution is 2.35. The molecular weight excluding hydrogens is 272 g/mol. The highest BCUT2D eigenvalue weighted by molar-refractivity contribution is 5.86. The second kappa shape index (κ2) is 7.54. The lowest BCUT2D eigenvalue weighted by atomic mass is 9.86. The van der Waals surface area contributed by atoms with Gasteiger partial charge in [0, 0.05) is 0 Å². The topological polar surface area (TPSA) is 101 Å². The van der Waals surface area contributed by atoms with Crippen molar-refractivity contribution in [2.45, 2.75) is 58.3 Å². The highest BCUT2D eigenvalue weighted by atomic mass is 16.4. The van der Waals surface area contributed by atoms with Gasteiger partial charge in [0.1, 0.15) is 0 Å². The zero-order valence-electron chi connectivity index (χ0n) is 12.7. The van der Waals surface area contributed by atoms with E-state index in [1.54, 1.807) is 20.8 Å². The lowest BCUT2D eigenvalue weighted by molar-refractivity contribution is -0.255. The predicted molar refractivity (Wildman–Crippen MR) is 76.5 cm³/mol. The zero-order valence-corrected chi connectivity index (χ0v) is 12.7. The molecule has 3 N–H and O–H groups in total. The molecule has 0 saturated heterocycles. The summed E-state index contributed by atoms with van der Waals surface area (Å²) in [5.74, 6) is -1.37. The standard InChI is InChI=1S/C16H24O5/c1-4-12(17)10-7-9(16(20)21)8-11(13(18)5-2)15(10)14(19)6-3/h7-8,12-14,17-19H,4-6H2,1-3H3,(H,20,21)/p-1. The summed E-state index contributed by atoms with van der Waals surface area (Å²) < 4.78 is 0. The van der Waals surface area contributed by atoms with Crippen LogP contribution in [0, 0.1) is 0 Å². The van der Waals surface area contributed by atoms with Gasteiger partial charge >= 0.3 is 0 Å². The first-order valence-electron chi connectivity index (χ1n) is 7.30. The smallest absolute Gasteiger partial charge is 0.0794 e. The van der Waals surface area contributed by atoms with E-state index in [1.807, 2.05) is 0 Å². The van der Waals surface area contributed by atoms with Crippen molar-refractivity contribution in [1.29, 1.82) is 0 Å². The summed E-state index contributed by atoms with van der Waals surface area (Å²) in [6.07, 6.45) is -1.51. The van der Waals surface area contributed by atoms with Gasteiger partial charge < -0.3 is 25.2 Å².